The number of hydrazone groups is 1. The molecule has 1 aliphatic rings. The minimum absolute atomic E-state index is 0.292. The number of esters is 1. The van der Waals surface area contributed by atoms with E-state index < -0.39 is 18.5 Å². The lowest BCUT2D eigenvalue weighted by Gasteiger charge is -2.19. The zero-order valence-corrected chi connectivity index (χ0v) is 15.3. The number of aromatic nitrogens is 1. The Hall–Kier alpha value is -3.61. The van der Waals surface area contributed by atoms with Gasteiger partial charge in [0.15, 0.2) is 6.61 Å². The van der Waals surface area contributed by atoms with E-state index in [1.54, 1.807) is 30.7 Å². The highest BCUT2D eigenvalue weighted by Crippen LogP contribution is 2.33. The van der Waals surface area contributed by atoms with Crippen LogP contribution in [0.3, 0.4) is 0 Å². The van der Waals surface area contributed by atoms with E-state index in [-0.39, 0.29) is 6.04 Å². The maximum Gasteiger partial charge on any atom is 0.355 e. The fourth-order valence-corrected chi connectivity index (χ4v) is 3.09. The molecule has 142 valence electrons. The molecule has 0 fully saturated rings. The molecule has 1 aromatic carbocycles. The molecule has 7 nitrogen and oxygen atoms in total. The van der Waals surface area contributed by atoms with E-state index in [0.717, 1.165) is 16.8 Å². The van der Waals surface area contributed by atoms with Crippen LogP contribution in [0, 0.1) is 6.92 Å². The Morgan fingerprint density at radius 3 is 2.71 bits per heavy atom. The van der Waals surface area contributed by atoms with Gasteiger partial charge < -0.3 is 14.1 Å². The summed E-state index contributed by atoms with van der Waals surface area (Å²) in [6, 6.07) is 14.4. The molecule has 1 aliphatic heterocycles. The van der Waals surface area contributed by atoms with Crippen LogP contribution in [0.2, 0.25) is 0 Å². The number of H-pyrrole nitrogens is 1. The molecule has 2 aromatic heterocycles. The number of hydrogen-bond donors (Lipinski definition) is 1. The fourth-order valence-electron chi connectivity index (χ4n) is 3.09. The van der Waals surface area contributed by atoms with Crippen molar-refractivity contribution in [3.05, 3.63) is 83.6 Å². The second-order valence-corrected chi connectivity index (χ2v) is 6.55. The van der Waals surface area contributed by atoms with E-state index in [1.807, 2.05) is 37.3 Å². The zero-order valence-electron chi connectivity index (χ0n) is 15.3. The van der Waals surface area contributed by atoms with Crippen LogP contribution >= 0.6 is 0 Å². The topological polar surface area (TPSA) is 87.9 Å². The van der Waals surface area contributed by atoms with Gasteiger partial charge in [0, 0.05) is 12.6 Å². The highest BCUT2D eigenvalue weighted by atomic mass is 16.5. The maximum atomic E-state index is 12.7. The molecule has 0 saturated carbocycles. The SMILES string of the molecule is Cc1ccc(C2=NN(C(=O)COC(=O)c3ccc[nH]3)[C@@H](c3ccco3)C2)cc1. The number of nitrogens with one attached hydrogen (secondary N) is 1. The minimum Gasteiger partial charge on any atom is -0.467 e. The number of carbonyl (C=O) groups is 2. The average Bonchev–Trinajstić information content (AvgIpc) is 3.47. The molecule has 1 amide bonds. The molecule has 0 spiro atoms. The predicted octanol–water partition coefficient (Wildman–Crippen LogP) is 3.45. The lowest BCUT2D eigenvalue weighted by Crippen LogP contribution is -2.31. The van der Waals surface area contributed by atoms with Crippen molar-refractivity contribution in [3.63, 3.8) is 0 Å². The Labute approximate surface area is 161 Å². The lowest BCUT2D eigenvalue weighted by molar-refractivity contribution is -0.136. The molecular formula is C21H19N3O4. The third-order valence-electron chi connectivity index (χ3n) is 4.57. The van der Waals surface area contributed by atoms with Crippen molar-refractivity contribution in [2.24, 2.45) is 5.10 Å². The Kier molecular flexibility index (Phi) is 4.80. The number of carbonyl (C=O) groups excluding carboxylic acids is 2. The number of aromatic amines is 1. The maximum absolute atomic E-state index is 12.7. The van der Waals surface area contributed by atoms with Crippen molar-refractivity contribution >= 4 is 17.6 Å². The van der Waals surface area contributed by atoms with Crippen molar-refractivity contribution in [2.75, 3.05) is 6.61 Å². The van der Waals surface area contributed by atoms with Crippen LogP contribution in [0.25, 0.3) is 0 Å². The van der Waals surface area contributed by atoms with Crippen molar-refractivity contribution in [1.82, 2.24) is 9.99 Å². The van der Waals surface area contributed by atoms with Crippen molar-refractivity contribution in [2.45, 2.75) is 19.4 Å². The van der Waals surface area contributed by atoms with Gasteiger partial charge in [0.25, 0.3) is 5.91 Å². The molecule has 1 atom stereocenters. The first-order valence-electron chi connectivity index (χ1n) is 8.92. The predicted molar refractivity (Wildman–Crippen MR) is 102 cm³/mol. The molecule has 0 aliphatic carbocycles. The number of ether oxygens (including phenoxy) is 1. The van der Waals surface area contributed by atoms with E-state index in [9.17, 15) is 9.59 Å². The smallest absolute Gasteiger partial charge is 0.355 e. The van der Waals surface area contributed by atoms with Gasteiger partial charge in [-0.2, -0.15) is 5.10 Å². The van der Waals surface area contributed by atoms with Crippen LogP contribution in [-0.2, 0) is 9.53 Å². The standard InChI is InChI=1S/C21H19N3O4/c1-14-6-8-15(9-7-14)17-12-18(19-5-3-11-27-19)24(23-17)20(25)13-28-21(26)16-4-2-10-22-16/h2-11,18,22H,12-13H2,1H3/t18-/m1/s1. The van der Waals surface area contributed by atoms with Gasteiger partial charge in [-0.3, -0.25) is 4.79 Å². The summed E-state index contributed by atoms with van der Waals surface area (Å²) in [7, 11) is 0. The van der Waals surface area contributed by atoms with Crippen LogP contribution in [0.4, 0.5) is 0 Å². The van der Waals surface area contributed by atoms with Crippen LogP contribution in [0.1, 0.15) is 39.8 Å². The molecule has 0 radical (unpaired) electrons. The van der Waals surface area contributed by atoms with E-state index in [4.69, 9.17) is 9.15 Å². The molecule has 3 heterocycles. The van der Waals surface area contributed by atoms with Gasteiger partial charge in [-0.15, -0.1) is 0 Å². The van der Waals surface area contributed by atoms with E-state index in [2.05, 4.69) is 10.1 Å². The number of amides is 1. The minimum atomic E-state index is -0.588. The number of benzene rings is 1. The molecule has 0 bridgehead atoms. The normalized spacial score (nSPS) is 16.1. The first kappa shape index (κ1) is 17.8. The van der Waals surface area contributed by atoms with Crippen molar-refractivity contribution in [1.29, 1.82) is 0 Å². The largest absolute Gasteiger partial charge is 0.467 e. The number of furan rings is 1. The average molecular weight is 377 g/mol. The molecule has 7 heteroatoms. The van der Waals surface area contributed by atoms with Crippen molar-refractivity contribution < 1.29 is 18.7 Å². The second-order valence-electron chi connectivity index (χ2n) is 6.55. The second kappa shape index (κ2) is 7.56. The summed E-state index contributed by atoms with van der Waals surface area (Å²) in [6.07, 6.45) is 3.70. The zero-order chi connectivity index (χ0) is 19.5. The number of nitrogens with zero attached hydrogens (tertiary/aromatic N) is 2. The van der Waals surface area contributed by atoms with E-state index in [1.165, 1.54) is 5.01 Å². The third-order valence-corrected chi connectivity index (χ3v) is 4.57. The number of aryl methyl sites for hydroxylation is 1. The molecule has 4 rings (SSSR count). The summed E-state index contributed by atoms with van der Waals surface area (Å²) >= 11 is 0. The Bertz CT molecular complexity index is 989. The van der Waals surface area contributed by atoms with Crippen molar-refractivity contribution in [3.8, 4) is 0 Å². The first-order valence-corrected chi connectivity index (χ1v) is 8.92. The molecule has 28 heavy (non-hydrogen) atoms. The Morgan fingerprint density at radius 1 is 1.21 bits per heavy atom. The fraction of sp³-hybridized carbons (Fsp3) is 0.190. The van der Waals surface area contributed by atoms with E-state index >= 15 is 0 Å². The van der Waals surface area contributed by atoms with Gasteiger partial charge in [-0.25, -0.2) is 9.80 Å². The highest BCUT2D eigenvalue weighted by Gasteiger charge is 2.35. The lowest BCUT2D eigenvalue weighted by atomic mass is 10.0. The Balaban J connectivity index is 1.53. The molecule has 0 unspecified atom stereocenters. The summed E-state index contributed by atoms with van der Waals surface area (Å²) < 4.78 is 10.6. The first-order chi connectivity index (χ1) is 13.6. The summed E-state index contributed by atoms with van der Waals surface area (Å²) in [4.78, 5) is 27.5. The summed E-state index contributed by atoms with van der Waals surface area (Å²) in [6.45, 7) is 1.61. The van der Waals surface area contributed by atoms with Crippen LogP contribution < -0.4 is 0 Å². The third kappa shape index (κ3) is 3.59. The quantitative estimate of drug-likeness (QED) is 0.690. The van der Waals surface area contributed by atoms with Crippen LogP contribution in [0.5, 0.6) is 0 Å². The summed E-state index contributed by atoms with van der Waals surface area (Å²) in [5.74, 6) is -0.367. The number of hydrogen-bond acceptors (Lipinski definition) is 5. The molecule has 1 N–H and O–H groups in total. The summed E-state index contributed by atoms with van der Waals surface area (Å²) in [5, 5.41) is 5.85. The molecule has 0 saturated heterocycles. The van der Waals surface area contributed by atoms with Gasteiger partial charge >= 0.3 is 5.97 Å². The monoisotopic (exact) mass is 377 g/mol. The Morgan fingerprint density at radius 2 is 2.04 bits per heavy atom. The van der Waals surface area contributed by atoms with Gasteiger partial charge in [-0.05, 0) is 36.8 Å². The number of rotatable bonds is 5. The van der Waals surface area contributed by atoms with Gasteiger partial charge in [0.2, 0.25) is 0 Å². The van der Waals surface area contributed by atoms with Gasteiger partial charge in [0.05, 0.1) is 12.0 Å². The van der Waals surface area contributed by atoms with Crippen LogP contribution in [0.15, 0.2) is 70.5 Å². The molecule has 3 aromatic rings. The van der Waals surface area contributed by atoms with E-state index in [0.29, 0.717) is 17.9 Å². The van der Waals surface area contributed by atoms with Crippen LogP contribution in [-0.4, -0.2) is 34.2 Å². The van der Waals surface area contributed by atoms with Gasteiger partial charge in [-0.1, -0.05) is 29.8 Å². The summed E-state index contributed by atoms with van der Waals surface area (Å²) in [5.41, 5.74) is 3.17. The molecular weight excluding hydrogens is 358 g/mol. The highest BCUT2D eigenvalue weighted by molar-refractivity contribution is 6.03. The van der Waals surface area contributed by atoms with Gasteiger partial charge in [0.1, 0.15) is 17.5 Å².